The van der Waals surface area contributed by atoms with Gasteiger partial charge in [-0.2, -0.15) is 0 Å². The van der Waals surface area contributed by atoms with Gasteiger partial charge < -0.3 is 9.80 Å². The average Bonchev–Trinajstić information content (AvgIpc) is 3.11. The van der Waals surface area contributed by atoms with Crippen LogP contribution in [0.5, 0.6) is 0 Å². The Hall–Kier alpha value is -2.29. The van der Waals surface area contributed by atoms with Crippen molar-refractivity contribution in [2.75, 3.05) is 50.7 Å². The number of aromatic nitrogens is 5. The number of fused-ring (bicyclic) bond motifs is 1. The molecule has 4 heterocycles. The van der Waals surface area contributed by atoms with Crippen LogP contribution in [0.3, 0.4) is 0 Å². The number of anilines is 1. The largest absolute Gasteiger partial charge is 0.353 e. The predicted molar refractivity (Wildman–Crippen MR) is 87.7 cm³/mol. The second kappa shape index (κ2) is 6.68. The third kappa shape index (κ3) is 3.16. The Balaban J connectivity index is 1.32. The van der Waals surface area contributed by atoms with Crippen molar-refractivity contribution in [1.82, 2.24) is 35.1 Å². The molecule has 24 heavy (non-hydrogen) atoms. The molecule has 0 bridgehead atoms. The minimum Gasteiger partial charge on any atom is -0.353 e. The first-order chi connectivity index (χ1) is 11.8. The van der Waals surface area contributed by atoms with Crippen molar-refractivity contribution in [3.05, 3.63) is 12.1 Å². The molecule has 1 amide bonds. The van der Waals surface area contributed by atoms with E-state index in [9.17, 15) is 4.79 Å². The fraction of sp³-hybridized carbons (Fsp3) is 0.667. The Kier molecular flexibility index (Phi) is 4.24. The number of hydrogen-bond donors (Lipinski definition) is 0. The lowest BCUT2D eigenvalue weighted by molar-refractivity contribution is -0.133. The van der Waals surface area contributed by atoms with Crippen LogP contribution in [0.25, 0.3) is 5.65 Å². The quantitative estimate of drug-likeness (QED) is 0.761. The summed E-state index contributed by atoms with van der Waals surface area (Å²) >= 11 is 0. The molecule has 2 saturated heterocycles. The molecule has 128 valence electrons. The van der Waals surface area contributed by atoms with Gasteiger partial charge in [0, 0.05) is 39.3 Å². The van der Waals surface area contributed by atoms with Gasteiger partial charge in [-0.3, -0.25) is 9.69 Å². The highest BCUT2D eigenvalue weighted by atomic mass is 16.2. The van der Waals surface area contributed by atoms with E-state index in [0.29, 0.717) is 12.2 Å². The number of carbonyl (C=O) groups excluding carboxylic acids is 1. The Morgan fingerprint density at radius 2 is 1.79 bits per heavy atom. The van der Waals surface area contributed by atoms with E-state index >= 15 is 0 Å². The molecule has 0 saturated carbocycles. The fourth-order valence-corrected chi connectivity index (χ4v) is 3.38. The molecule has 0 unspecified atom stereocenters. The molecular formula is C15H22N8O. The lowest BCUT2D eigenvalue weighted by Crippen LogP contribution is -2.51. The van der Waals surface area contributed by atoms with Crippen LogP contribution in [0.4, 0.5) is 5.82 Å². The normalized spacial score (nSPS) is 19.8. The number of likely N-dealkylation sites (tertiary alicyclic amines) is 1. The van der Waals surface area contributed by atoms with Crippen molar-refractivity contribution in [1.29, 1.82) is 0 Å². The molecule has 0 spiro atoms. The molecule has 2 aliphatic heterocycles. The second-order valence-corrected chi connectivity index (χ2v) is 6.42. The zero-order valence-corrected chi connectivity index (χ0v) is 13.7. The SMILES string of the molecule is O=C(CN1CCN(c2ccc3nnnn3n2)CC1)N1CCCCC1. The third-order valence-corrected chi connectivity index (χ3v) is 4.82. The number of nitrogens with zero attached hydrogens (tertiary/aromatic N) is 8. The number of carbonyl (C=O) groups is 1. The van der Waals surface area contributed by atoms with Gasteiger partial charge in [-0.25, -0.2) is 0 Å². The van der Waals surface area contributed by atoms with E-state index in [2.05, 4.69) is 30.4 Å². The molecule has 0 aliphatic carbocycles. The molecular weight excluding hydrogens is 308 g/mol. The highest BCUT2D eigenvalue weighted by molar-refractivity contribution is 5.78. The van der Waals surface area contributed by atoms with Crippen molar-refractivity contribution in [2.45, 2.75) is 19.3 Å². The zero-order chi connectivity index (χ0) is 16.4. The number of amides is 1. The van der Waals surface area contributed by atoms with E-state index in [4.69, 9.17) is 0 Å². The Bertz CT molecular complexity index is 702. The maximum absolute atomic E-state index is 12.4. The van der Waals surface area contributed by atoms with E-state index < -0.39 is 0 Å². The number of tetrazole rings is 1. The van der Waals surface area contributed by atoms with Crippen LogP contribution in [0.15, 0.2) is 12.1 Å². The average molecular weight is 330 g/mol. The molecule has 2 aromatic heterocycles. The zero-order valence-electron chi connectivity index (χ0n) is 13.7. The second-order valence-electron chi connectivity index (χ2n) is 6.42. The van der Waals surface area contributed by atoms with Crippen molar-refractivity contribution >= 4 is 17.4 Å². The van der Waals surface area contributed by atoms with Gasteiger partial charge in [0.2, 0.25) is 5.91 Å². The summed E-state index contributed by atoms with van der Waals surface area (Å²) in [5, 5.41) is 15.7. The summed E-state index contributed by atoms with van der Waals surface area (Å²) in [6.45, 7) is 5.84. The summed E-state index contributed by atoms with van der Waals surface area (Å²) in [5.74, 6) is 1.15. The summed E-state index contributed by atoms with van der Waals surface area (Å²) in [6, 6.07) is 3.81. The molecule has 2 fully saturated rings. The van der Waals surface area contributed by atoms with Gasteiger partial charge in [-0.15, -0.1) is 14.8 Å². The first kappa shape index (κ1) is 15.3. The van der Waals surface area contributed by atoms with E-state index in [-0.39, 0.29) is 5.91 Å². The summed E-state index contributed by atoms with van der Waals surface area (Å²) in [7, 11) is 0. The molecule has 4 rings (SSSR count). The highest BCUT2D eigenvalue weighted by Crippen LogP contribution is 2.14. The third-order valence-electron chi connectivity index (χ3n) is 4.82. The Morgan fingerprint density at radius 1 is 1.00 bits per heavy atom. The number of rotatable bonds is 3. The van der Waals surface area contributed by atoms with Gasteiger partial charge >= 0.3 is 0 Å². The maximum Gasteiger partial charge on any atom is 0.236 e. The molecule has 9 nitrogen and oxygen atoms in total. The summed E-state index contributed by atoms with van der Waals surface area (Å²) in [5.41, 5.74) is 0.643. The van der Waals surface area contributed by atoms with Gasteiger partial charge in [-0.1, -0.05) is 0 Å². The Morgan fingerprint density at radius 3 is 2.58 bits per heavy atom. The molecule has 0 N–H and O–H groups in total. The van der Waals surface area contributed by atoms with E-state index in [0.717, 1.165) is 57.9 Å². The van der Waals surface area contributed by atoms with Crippen molar-refractivity contribution in [3.63, 3.8) is 0 Å². The van der Waals surface area contributed by atoms with Crippen LogP contribution in [-0.2, 0) is 4.79 Å². The Labute approximate surface area is 140 Å². The summed E-state index contributed by atoms with van der Waals surface area (Å²) in [4.78, 5) is 18.8. The monoisotopic (exact) mass is 330 g/mol. The molecule has 0 atom stereocenters. The lowest BCUT2D eigenvalue weighted by atomic mass is 10.1. The molecule has 2 aliphatic rings. The number of piperazine rings is 1. The van der Waals surface area contributed by atoms with Crippen molar-refractivity contribution < 1.29 is 4.79 Å². The maximum atomic E-state index is 12.4. The van der Waals surface area contributed by atoms with Crippen molar-refractivity contribution in [3.8, 4) is 0 Å². The van der Waals surface area contributed by atoms with Crippen LogP contribution in [-0.4, -0.2) is 86.8 Å². The van der Waals surface area contributed by atoms with Crippen LogP contribution < -0.4 is 4.90 Å². The van der Waals surface area contributed by atoms with E-state index in [1.165, 1.54) is 11.1 Å². The minimum atomic E-state index is 0.274. The van der Waals surface area contributed by atoms with E-state index in [1.54, 1.807) is 0 Å². The predicted octanol–water partition coefficient (Wildman–Crippen LogP) is -0.346. The van der Waals surface area contributed by atoms with Crippen LogP contribution in [0, 0.1) is 0 Å². The van der Waals surface area contributed by atoms with Gasteiger partial charge in [0.25, 0.3) is 0 Å². The van der Waals surface area contributed by atoms with Gasteiger partial charge in [0.05, 0.1) is 6.54 Å². The van der Waals surface area contributed by atoms with Gasteiger partial charge in [-0.05, 0) is 41.8 Å². The number of piperidine rings is 1. The molecule has 0 radical (unpaired) electrons. The fourth-order valence-electron chi connectivity index (χ4n) is 3.38. The van der Waals surface area contributed by atoms with Crippen LogP contribution in [0.2, 0.25) is 0 Å². The first-order valence-corrected chi connectivity index (χ1v) is 8.60. The standard InChI is InChI=1S/C15H22N8O/c24-15(22-6-2-1-3-7-22)12-20-8-10-21(11-9-20)14-5-4-13-16-18-19-23(13)17-14/h4-5H,1-3,6-12H2. The van der Waals surface area contributed by atoms with Crippen LogP contribution in [0.1, 0.15) is 19.3 Å². The minimum absolute atomic E-state index is 0.274. The van der Waals surface area contributed by atoms with E-state index in [1.807, 2.05) is 17.0 Å². The molecule has 9 heteroatoms. The molecule has 2 aromatic rings. The highest BCUT2D eigenvalue weighted by Gasteiger charge is 2.23. The smallest absolute Gasteiger partial charge is 0.236 e. The van der Waals surface area contributed by atoms with Crippen LogP contribution >= 0.6 is 0 Å². The summed E-state index contributed by atoms with van der Waals surface area (Å²) in [6.07, 6.45) is 3.54. The lowest BCUT2D eigenvalue weighted by Gasteiger charge is -2.36. The van der Waals surface area contributed by atoms with Crippen molar-refractivity contribution in [2.24, 2.45) is 0 Å². The summed E-state index contributed by atoms with van der Waals surface area (Å²) < 4.78 is 1.45. The number of hydrogen-bond acceptors (Lipinski definition) is 7. The molecule has 0 aromatic carbocycles. The topological polar surface area (TPSA) is 82.8 Å². The van der Waals surface area contributed by atoms with Gasteiger partial charge in [0.1, 0.15) is 0 Å². The van der Waals surface area contributed by atoms with Gasteiger partial charge in [0.15, 0.2) is 11.5 Å². The first-order valence-electron chi connectivity index (χ1n) is 8.60.